The lowest BCUT2D eigenvalue weighted by molar-refractivity contribution is -0.128. The molecule has 2 aromatic rings. The van der Waals surface area contributed by atoms with E-state index in [2.05, 4.69) is 4.98 Å². The van der Waals surface area contributed by atoms with E-state index in [9.17, 15) is 13.2 Å². The van der Waals surface area contributed by atoms with Crippen molar-refractivity contribution in [3.05, 3.63) is 35.7 Å². The topological polar surface area (TPSA) is 89.7 Å². The van der Waals surface area contributed by atoms with Gasteiger partial charge in [-0.2, -0.15) is 0 Å². The third kappa shape index (κ3) is 5.82. The number of amides is 1. The zero-order chi connectivity index (χ0) is 20.7. The molecule has 0 N–H and O–H groups in total. The van der Waals surface area contributed by atoms with Crippen molar-refractivity contribution in [1.82, 2.24) is 9.88 Å². The number of aromatic nitrogens is 1. The minimum Gasteiger partial charge on any atom is -0.497 e. The molecule has 1 aromatic heterocycles. The second-order valence-corrected chi connectivity index (χ2v) is 8.73. The van der Waals surface area contributed by atoms with Gasteiger partial charge in [-0.3, -0.25) is 4.79 Å². The summed E-state index contributed by atoms with van der Waals surface area (Å²) in [7, 11) is -2.09. The number of sulfone groups is 1. The summed E-state index contributed by atoms with van der Waals surface area (Å²) in [6, 6.07) is 7.18. The second-order valence-electron chi connectivity index (χ2n) is 6.67. The maximum atomic E-state index is 12.6. The SMILES string of the molecule is CCCN(CCC)C(=O)CS(=O)(=O)Cc1nc(-c2cccc(OC)c2)oc1C. The number of hydrogen-bond donors (Lipinski definition) is 0. The first-order valence-electron chi connectivity index (χ1n) is 9.38. The zero-order valence-corrected chi connectivity index (χ0v) is 17.7. The van der Waals surface area contributed by atoms with Crippen LogP contribution in [0.1, 0.15) is 38.1 Å². The molecule has 0 radical (unpaired) electrons. The quantitative estimate of drug-likeness (QED) is 0.600. The van der Waals surface area contributed by atoms with E-state index in [-0.39, 0.29) is 11.7 Å². The smallest absolute Gasteiger partial charge is 0.237 e. The summed E-state index contributed by atoms with van der Waals surface area (Å²) in [5.41, 5.74) is 1.02. The largest absolute Gasteiger partial charge is 0.497 e. The molecule has 0 saturated heterocycles. The zero-order valence-electron chi connectivity index (χ0n) is 16.9. The van der Waals surface area contributed by atoms with Crippen LogP contribution in [0.15, 0.2) is 28.7 Å². The molecule has 2 rings (SSSR count). The fourth-order valence-corrected chi connectivity index (χ4v) is 4.23. The lowest BCUT2D eigenvalue weighted by Crippen LogP contribution is -2.37. The van der Waals surface area contributed by atoms with Gasteiger partial charge in [0.15, 0.2) is 9.84 Å². The summed E-state index contributed by atoms with van der Waals surface area (Å²) in [6.07, 6.45) is 1.58. The monoisotopic (exact) mass is 408 g/mol. The van der Waals surface area contributed by atoms with Gasteiger partial charge in [-0.1, -0.05) is 19.9 Å². The molecule has 0 spiro atoms. The highest BCUT2D eigenvalue weighted by molar-refractivity contribution is 7.91. The molecule has 28 heavy (non-hydrogen) atoms. The van der Waals surface area contributed by atoms with Crippen LogP contribution in [-0.2, 0) is 20.4 Å². The average Bonchev–Trinajstić information content (AvgIpc) is 3.01. The van der Waals surface area contributed by atoms with Crippen molar-refractivity contribution in [3.63, 3.8) is 0 Å². The summed E-state index contributed by atoms with van der Waals surface area (Å²) >= 11 is 0. The molecule has 154 valence electrons. The summed E-state index contributed by atoms with van der Waals surface area (Å²) in [5, 5.41) is 0. The fraction of sp³-hybridized carbons (Fsp3) is 0.500. The number of methoxy groups -OCH3 is 1. The van der Waals surface area contributed by atoms with E-state index in [0.29, 0.717) is 41.7 Å². The number of rotatable bonds is 10. The van der Waals surface area contributed by atoms with E-state index in [1.165, 1.54) is 0 Å². The summed E-state index contributed by atoms with van der Waals surface area (Å²) in [4.78, 5) is 18.3. The van der Waals surface area contributed by atoms with Crippen molar-refractivity contribution in [2.45, 2.75) is 39.4 Å². The maximum Gasteiger partial charge on any atom is 0.237 e. The molecule has 0 atom stereocenters. The van der Waals surface area contributed by atoms with Gasteiger partial charge < -0.3 is 14.1 Å². The Kier molecular flexibility index (Phi) is 7.62. The first-order valence-corrected chi connectivity index (χ1v) is 11.2. The van der Waals surface area contributed by atoms with Crippen LogP contribution in [0.5, 0.6) is 5.75 Å². The van der Waals surface area contributed by atoms with Gasteiger partial charge in [-0.05, 0) is 38.0 Å². The third-order valence-electron chi connectivity index (χ3n) is 4.25. The summed E-state index contributed by atoms with van der Waals surface area (Å²) in [6.45, 7) is 6.72. The number of oxazole rings is 1. The number of ether oxygens (including phenoxy) is 1. The number of carbonyl (C=O) groups excluding carboxylic acids is 1. The molecule has 0 aliphatic rings. The van der Waals surface area contributed by atoms with Gasteiger partial charge in [0.2, 0.25) is 11.8 Å². The predicted molar refractivity (Wildman–Crippen MR) is 108 cm³/mol. The molecular weight excluding hydrogens is 380 g/mol. The molecule has 0 bridgehead atoms. The molecule has 8 heteroatoms. The van der Waals surface area contributed by atoms with Crippen molar-refractivity contribution >= 4 is 15.7 Å². The predicted octanol–water partition coefficient (Wildman–Crippen LogP) is 3.22. The highest BCUT2D eigenvalue weighted by atomic mass is 32.2. The van der Waals surface area contributed by atoms with Crippen LogP contribution in [0, 0.1) is 6.92 Å². The van der Waals surface area contributed by atoms with Gasteiger partial charge in [-0.15, -0.1) is 0 Å². The minimum absolute atomic E-state index is 0.322. The Balaban J connectivity index is 2.15. The molecule has 7 nitrogen and oxygen atoms in total. The standard InChI is InChI=1S/C20H28N2O5S/c1-5-10-22(11-6-2)19(23)14-28(24,25)13-18-15(3)27-20(21-18)16-8-7-9-17(12-16)26-4/h7-9,12H,5-6,10-11,13-14H2,1-4H3. The Morgan fingerprint density at radius 2 is 1.89 bits per heavy atom. The molecular formula is C20H28N2O5S. The number of benzene rings is 1. The van der Waals surface area contributed by atoms with Gasteiger partial charge in [-0.25, -0.2) is 13.4 Å². The Morgan fingerprint density at radius 1 is 1.21 bits per heavy atom. The fourth-order valence-electron chi connectivity index (χ4n) is 2.88. The van der Waals surface area contributed by atoms with Crippen molar-refractivity contribution < 1.29 is 22.4 Å². The molecule has 0 fully saturated rings. The Morgan fingerprint density at radius 3 is 2.50 bits per heavy atom. The summed E-state index contributed by atoms with van der Waals surface area (Å²) in [5.74, 6) is 0.190. The van der Waals surface area contributed by atoms with Crippen LogP contribution in [0.4, 0.5) is 0 Å². The third-order valence-corrected chi connectivity index (χ3v) is 5.65. The Bertz CT molecular complexity index is 899. The van der Waals surface area contributed by atoms with Gasteiger partial charge in [0, 0.05) is 18.7 Å². The molecule has 0 aliphatic carbocycles. The van der Waals surface area contributed by atoms with E-state index >= 15 is 0 Å². The average molecular weight is 409 g/mol. The van der Waals surface area contributed by atoms with E-state index in [1.807, 2.05) is 19.9 Å². The van der Waals surface area contributed by atoms with Crippen molar-refractivity contribution in [2.24, 2.45) is 0 Å². The van der Waals surface area contributed by atoms with Gasteiger partial charge in [0.25, 0.3) is 0 Å². The van der Waals surface area contributed by atoms with Crippen molar-refractivity contribution in [3.8, 4) is 17.2 Å². The lowest BCUT2D eigenvalue weighted by Gasteiger charge is -2.21. The molecule has 0 unspecified atom stereocenters. The van der Waals surface area contributed by atoms with Crippen LogP contribution in [-0.4, -0.2) is 50.2 Å². The van der Waals surface area contributed by atoms with Gasteiger partial charge in [0.1, 0.15) is 17.3 Å². The normalized spacial score (nSPS) is 11.4. The van der Waals surface area contributed by atoms with Crippen LogP contribution in [0.3, 0.4) is 0 Å². The number of nitrogens with zero attached hydrogens (tertiary/aromatic N) is 2. The van der Waals surface area contributed by atoms with Crippen LogP contribution < -0.4 is 4.74 Å². The lowest BCUT2D eigenvalue weighted by atomic mass is 10.2. The molecule has 1 amide bonds. The molecule has 1 aromatic carbocycles. The summed E-state index contributed by atoms with van der Waals surface area (Å²) < 4.78 is 36.0. The van der Waals surface area contributed by atoms with E-state index < -0.39 is 15.6 Å². The number of hydrogen-bond acceptors (Lipinski definition) is 6. The first kappa shape index (κ1) is 21.9. The minimum atomic E-state index is -3.66. The second kappa shape index (κ2) is 9.73. The van der Waals surface area contributed by atoms with Crippen LogP contribution in [0.25, 0.3) is 11.5 Å². The van der Waals surface area contributed by atoms with Crippen LogP contribution >= 0.6 is 0 Å². The Hall–Kier alpha value is -2.35. The molecule has 0 saturated carbocycles. The van der Waals surface area contributed by atoms with Gasteiger partial charge in [0.05, 0.1) is 18.6 Å². The molecule has 0 aliphatic heterocycles. The van der Waals surface area contributed by atoms with Crippen molar-refractivity contribution in [1.29, 1.82) is 0 Å². The van der Waals surface area contributed by atoms with Crippen LogP contribution in [0.2, 0.25) is 0 Å². The van der Waals surface area contributed by atoms with E-state index in [0.717, 1.165) is 12.8 Å². The van der Waals surface area contributed by atoms with E-state index in [4.69, 9.17) is 9.15 Å². The first-order chi connectivity index (χ1) is 13.3. The maximum absolute atomic E-state index is 12.6. The van der Waals surface area contributed by atoms with E-state index in [1.54, 1.807) is 37.1 Å². The Labute approximate surface area is 166 Å². The highest BCUT2D eigenvalue weighted by Crippen LogP contribution is 2.26. The van der Waals surface area contributed by atoms with Crippen molar-refractivity contribution in [2.75, 3.05) is 26.0 Å². The highest BCUT2D eigenvalue weighted by Gasteiger charge is 2.24. The van der Waals surface area contributed by atoms with Gasteiger partial charge >= 0.3 is 0 Å². The molecule has 1 heterocycles. The number of aryl methyl sites for hydroxylation is 1. The number of carbonyl (C=O) groups is 1.